The first kappa shape index (κ1) is 12.9. The Bertz CT molecular complexity index is 350. The highest BCUT2D eigenvalue weighted by Gasteiger charge is 2.16. The summed E-state index contributed by atoms with van der Waals surface area (Å²) in [5.74, 6) is 2.06. The Morgan fingerprint density at radius 3 is 3.00 bits per heavy atom. The number of rotatable bonds is 5. The first-order valence-corrected chi connectivity index (χ1v) is 7.43. The van der Waals surface area contributed by atoms with Crippen molar-refractivity contribution in [2.24, 2.45) is 5.73 Å². The quantitative estimate of drug-likeness (QED) is 0.874. The lowest BCUT2D eigenvalue weighted by Crippen LogP contribution is -2.16. The van der Waals surface area contributed by atoms with Crippen molar-refractivity contribution in [3.63, 3.8) is 0 Å². The van der Waals surface area contributed by atoms with E-state index in [1.165, 1.54) is 24.0 Å². The van der Waals surface area contributed by atoms with Gasteiger partial charge in [0.05, 0.1) is 6.10 Å². The zero-order valence-corrected chi connectivity index (χ0v) is 11.2. The summed E-state index contributed by atoms with van der Waals surface area (Å²) in [6.07, 6.45) is 2.89. The van der Waals surface area contributed by atoms with Crippen LogP contribution in [0.25, 0.3) is 0 Å². The number of nitrogens with two attached hydrogens (primary N) is 1. The van der Waals surface area contributed by atoms with Crippen LogP contribution in [0.15, 0.2) is 24.3 Å². The smallest absolute Gasteiger partial charge is 0.0666 e. The maximum atomic E-state index is 6.22. The van der Waals surface area contributed by atoms with E-state index in [9.17, 15) is 0 Å². The molecule has 0 radical (unpaired) electrons. The summed E-state index contributed by atoms with van der Waals surface area (Å²) >= 11 is 1.91. The van der Waals surface area contributed by atoms with Gasteiger partial charge >= 0.3 is 0 Å². The van der Waals surface area contributed by atoms with Gasteiger partial charge in [0.1, 0.15) is 0 Å². The third kappa shape index (κ3) is 3.73. The van der Waals surface area contributed by atoms with Crippen LogP contribution in [0, 0.1) is 6.92 Å². The molecule has 0 amide bonds. The van der Waals surface area contributed by atoms with Crippen molar-refractivity contribution < 1.29 is 4.74 Å². The topological polar surface area (TPSA) is 35.2 Å². The van der Waals surface area contributed by atoms with Gasteiger partial charge < -0.3 is 10.5 Å². The monoisotopic (exact) mass is 251 g/mol. The van der Waals surface area contributed by atoms with E-state index in [0.717, 1.165) is 18.1 Å². The first-order chi connectivity index (χ1) is 8.27. The van der Waals surface area contributed by atoms with E-state index >= 15 is 0 Å². The number of ether oxygens (including phenoxy) is 1. The lowest BCUT2D eigenvalue weighted by Gasteiger charge is -2.15. The van der Waals surface area contributed by atoms with Gasteiger partial charge in [0, 0.05) is 24.2 Å². The molecule has 3 heteroatoms. The average molecular weight is 251 g/mol. The molecule has 2 atom stereocenters. The molecule has 2 N–H and O–H groups in total. The van der Waals surface area contributed by atoms with Crippen molar-refractivity contribution in [1.29, 1.82) is 0 Å². The normalized spacial score (nSPS) is 21.6. The van der Waals surface area contributed by atoms with Crippen molar-refractivity contribution in [2.75, 3.05) is 18.1 Å². The summed E-state index contributed by atoms with van der Waals surface area (Å²) in [5.41, 5.74) is 8.78. The molecule has 0 aromatic heterocycles. The zero-order valence-electron chi connectivity index (χ0n) is 10.4. The summed E-state index contributed by atoms with van der Waals surface area (Å²) in [6, 6.07) is 8.52. The van der Waals surface area contributed by atoms with E-state index in [0.29, 0.717) is 6.10 Å². The van der Waals surface area contributed by atoms with Gasteiger partial charge in [-0.1, -0.05) is 24.3 Å². The molecule has 1 aromatic rings. The van der Waals surface area contributed by atoms with Gasteiger partial charge in [-0.2, -0.15) is 11.8 Å². The minimum absolute atomic E-state index is 0.141. The third-order valence-electron chi connectivity index (χ3n) is 3.21. The van der Waals surface area contributed by atoms with Crippen LogP contribution in [0.3, 0.4) is 0 Å². The van der Waals surface area contributed by atoms with Gasteiger partial charge in [0.2, 0.25) is 0 Å². The fraction of sp³-hybridized carbons (Fsp3) is 0.571. The summed E-state index contributed by atoms with van der Waals surface area (Å²) in [6.45, 7) is 3.06. The second-order valence-electron chi connectivity index (χ2n) is 4.64. The lowest BCUT2D eigenvalue weighted by atomic mass is 10.0. The molecule has 17 heavy (non-hydrogen) atoms. The van der Waals surface area contributed by atoms with Crippen molar-refractivity contribution in [3.05, 3.63) is 35.4 Å². The molecule has 0 spiro atoms. The van der Waals surface area contributed by atoms with Crippen LogP contribution in [0.4, 0.5) is 0 Å². The molecule has 2 nitrogen and oxygen atoms in total. The Morgan fingerprint density at radius 2 is 2.29 bits per heavy atom. The molecule has 1 aliphatic rings. The highest BCUT2D eigenvalue weighted by atomic mass is 32.2. The van der Waals surface area contributed by atoms with Gasteiger partial charge in [0.25, 0.3) is 0 Å². The predicted molar refractivity (Wildman–Crippen MR) is 74.4 cm³/mol. The Kier molecular flexibility index (Phi) is 4.89. The van der Waals surface area contributed by atoms with Crippen molar-refractivity contribution in [2.45, 2.75) is 31.9 Å². The molecular weight excluding hydrogens is 230 g/mol. The maximum absolute atomic E-state index is 6.22. The fourth-order valence-corrected chi connectivity index (χ4v) is 3.29. The predicted octanol–water partition coefficient (Wildman–Crippen LogP) is 2.91. The van der Waals surface area contributed by atoms with Crippen LogP contribution in [0.2, 0.25) is 0 Å². The van der Waals surface area contributed by atoms with E-state index in [-0.39, 0.29) is 6.04 Å². The molecule has 1 aromatic carbocycles. The second kappa shape index (κ2) is 6.43. The number of thioether (sulfide) groups is 1. The molecule has 2 unspecified atom stereocenters. The van der Waals surface area contributed by atoms with Gasteiger partial charge in [-0.25, -0.2) is 0 Å². The Morgan fingerprint density at radius 1 is 1.47 bits per heavy atom. The van der Waals surface area contributed by atoms with Crippen LogP contribution in [-0.2, 0) is 4.74 Å². The van der Waals surface area contributed by atoms with E-state index < -0.39 is 0 Å². The van der Waals surface area contributed by atoms with Crippen molar-refractivity contribution >= 4 is 11.8 Å². The summed E-state index contributed by atoms with van der Waals surface area (Å²) in [7, 11) is 0. The Hall–Kier alpha value is -0.510. The highest BCUT2D eigenvalue weighted by Crippen LogP contribution is 2.22. The molecule has 94 valence electrons. The average Bonchev–Trinajstić information content (AvgIpc) is 2.82. The van der Waals surface area contributed by atoms with Crippen molar-refractivity contribution in [3.8, 4) is 0 Å². The minimum atomic E-state index is 0.141. The van der Waals surface area contributed by atoms with E-state index in [1.54, 1.807) is 0 Å². The van der Waals surface area contributed by atoms with E-state index in [4.69, 9.17) is 10.5 Å². The van der Waals surface area contributed by atoms with Gasteiger partial charge in [-0.15, -0.1) is 0 Å². The lowest BCUT2D eigenvalue weighted by molar-refractivity contribution is 0.129. The molecule has 0 aliphatic carbocycles. The number of hydrogen-bond donors (Lipinski definition) is 1. The molecular formula is C14H21NOS. The maximum Gasteiger partial charge on any atom is 0.0666 e. The molecule has 1 heterocycles. The summed E-state index contributed by atoms with van der Waals surface area (Å²) < 4.78 is 5.60. The van der Waals surface area contributed by atoms with Crippen LogP contribution < -0.4 is 5.73 Å². The Balaban J connectivity index is 1.77. The molecule has 0 bridgehead atoms. The van der Waals surface area contributed by atoms with Gasteiger partial charge in [0.15, 0.2) is 0 Å². The van der Waals surface area contributed by atoms with Gasteiger partial charge in [-0.3, -0.25) is 0 Å². The third-order valence-corrected chi connectivity index (χ3v) is 4.42. The van der Waals surface area contributed by atoms with E-state index in [1.807, 2.05) is 11.8 Å². The first-order valence-electron chi connectivity index (χ1n) is 6.28. The van der Waals surface area contributed by atoms with Crippen molar-refractivity contribution in [1.82, 2.24) is 0 Å². The summed E-state index contributed by atoms with van der Waals surface area (Å²) in [5, 5.41) is 0. The van der Waals surface area contributed by atoms with Gasteiger partial charge in [-0.05, 0) is 30.9 Å². The van der Waals surface area contributed by atoms with E-state index in [2.05, 4.69) is 31.2 Å². The van der Waals surface area contributed by atoms with Crippen LogP contribution >= 0.6 is 11.8 Å². The molecule has 0 saturated carbocycles. The minimum Gasteiger partial charge on any atom is -0.377 e. The molecule has 1 fully saturated rings. The fourth-order valence-electron chi connectivity index (χ4n) is 2.19. The highest BCUT2D eigenvalue weighted by molar-refractivity contribution is 7.99. The molecule has 2 rings (SSSR count). The standard InChI is InChI=1S/C14H21NOS/c1-11-5-2-3-7-13(11)14(15)10-17-9-12-6-4-8-16-12/h2-3,5,7,12,14H,4,6,8-10,15H2,1H3. The number of benzene rings is 1. The van der Waals surface area contributed by atoms with Crippen LogP contribution in [0.5, 0.6) is 0 Å². The molecule has 1 saturated heterocycles. The summed E-state index contributed by atoms with van der Waals surface area (Å²) in [4.78, 5) is 0. The number of aryl methyl sites for hydroxylation is 1. The second-order valence-corrected chi connectivity index (χ2v) is 5.71. The van der Waals surface area contributed by atoms with Crippen LogP contribution in [0.1, 0.15) is 30.0 Å². The Labute approximate surface area is 108 Å². The number of hydrogen-bond acceptors (Lipinski definition) is 3. The largest absolute Gasteiger partial charge is 0.377 e. The SMILES string of the molecule is Cc1ccccc1C(N)CSCC1CCCO1. The zero-order chi connectivity index (χ0) is 12.1. The molecule has 1 aliphatic heterocycles. The van der Waals surface area contributed by atoms with Crippen LogP contribution in [-0.4, -0.2) is 24.2 Å².